The lowest BCUT2D eigenvalue weighted by Gasteiger charge is -2.10. The van der Waals surface area contributed by atoms with Gasteiger partial charge in [0.15, 0.2) is 0 Å². The summed E-state index contributed by atoms with van der Waals surface area (Å²) in [7, 11) is -3.84. The third-order valence-electron chi connectivity index (χ3n) is 2.57. The summed E-state index contributed by atoms with van der Waals surface area (Å²) in [6.45, 7) is 1.67. The Bertz CT molecular complexity index is 765. The monoisotopic (exact) mass is 359 g/mol. The Morgan fingerprint density at radius 3 is 2.60 bits per heavy atom. The summed E-state index contributed by atoms with van der Waals surface area (Å²) < 4.78 is 40.4. The molecule has 3 N–H and O–H groups in total. The number of benzene rings is 1. The van der Waals surface area contributed by atoms with Gasteiger partial charge >= 0.3 is 0 Å². The normalized spacial score (nSPS) is 11.3. The van der Waals surface area contributed by atoms with E-state index < -0.39 is 15.8 Å². The van der Waals surface area contributed by atoms with Crippen LogP contribution in [0.15, 0.2) is 39.8 Å². The van der Waals surface area contributed by atoms with Gasteiger partial charge in [-0.25, -0.2) is 17.8 Å². The van der Waals surface area contributed by atoms with E-state index in [1.165, 1.54) is 0 Å². The van der Waals surface area contributed by atoms with Gasteiger partial charge in [0.25, 0.3) is 10.0 Å². The number of aryl methyl sites for hydroxylation is 1. The fraction of sp³-hybridized carbons (Fsp3) is 0.0833. The van der Waals surface area contributed by atoms with Gasteiger partial charge < -0.3 is 5.73 Å². The van der Waals surface area contributed by atoms with Gasteiger partial charge in [-0.15, -0.1) is 0 Å². The summed E-state index contributed by atoms with van der Waals surface area (Å²) in [5.74, 6) is -0.662. The van der Waals surface area contributed by atoms with Crippen molar-refractivity contribution in [3.8, 4) is 0 Å². The van der Waals surface area contributed by atoms with E-state index in [0.717, 1.165) is 18.2 Å². The van der Waals surface area contributed by atoms with E-state index in [-0.39, 0.29) is 10.6 Å². The molecule has 0 amide bonds. The summed E-state index contributed by atoms with van der Waals surface area (Å²) in [6, 6.07) is 6.42. The molecule has 0 bridgehead atoms. The van der Waals surface area contributed by atoms with Gasteiger partial charge in [0, 0.05) is 0 Å². The SMILES string of the molecule is Cc1nc(Br)ccc1NS(=O)(=O)c1ccc(F)c(N)c1. The van der Waals surface area contributed by atoms with Crippen LogP contribution < -0.4 is 10.5 Å². The highest BCUT2D eigenvalue weighted by Gasteiger charge is 2.17. The van der Waals surface area contributed by atoms with Crippen LogP contribution in [-0.4, -0.2) is 13.4 Å². The summed E-state index contributed by atoms with van der Waals surface area (Å²) in [6.07, 6.45) is 0. The number of hydrogen-bond acceptors (Lipinski definition) is 4. The van der Waals surface area contributed by atoms with Gasteiger partial charge in [0.1, 0.15) is 10.4 Å². The Morgan fingerprint density at radius 1 is 1.30 bits per heavy atom. The van der Waals surface area contributed by atoms with Gasteiger partial charge in [0.05, 0.1) is 22.0 Å². The van der Waals surface area contributed by atoms with Crippen LogP contribution in [0.2, 0.25) is 0 Å². The predicted molar refractivity (Wildman–Crippen MR) is 78.3 cm³/mol. The molecule has 1 aromatic carbocycles. The first kappa shape index (κ1) is 14.7. The van der Waals surface area contributed by atoms with Crippen molar-refractivity contribution in [1.82, 2.24) is 4.98 Å². The molecule has 5 nitrogen and oxygen atoms in total. The van der Waals surface area contributed by atoms with Crippen molar-refractivity contribution in [3.05, 3.63) is 46.4 Å². The summed E-state index contributed by atoms with van der Waals surface area (Å²) in [4.78, 5) is 3.98. The molecule has 0 spiro atoms. The van der Waals surface area contributed by atoms with Gasteiger partial charge in [0.2, 0.25) is 0 Å². The topological polar surface area (TPSA) is 85.1 Å². The van der Waals surface area contributed by atoms with Gasteiger partial charge in [-0.3, -0.25) is 4.72 Å². The second kappa shape index (κ2) is 5.37. The van der Waals surface area contributed by atoms with Crippen molar-refractivity contribution in [2.75, 3.05) is 10.5 Å². The van der Waals surface area contributed by atoms with Crippen LogP contribution in [0.1, 0.15) is 5.69 Å². The van der Waals surface area contributed by atoms with Crippen LogP contribution >= 0.6 is 15.9 Å². The molecule has 0 aliphatic rings. The molecule has 20 heavy (non-hydrogen) atoms. The highest BCUT2D eigenvalue weighted by atomic mass is 79.9. The highest BCUT2D eigenvalue weighted by Crippen LogP contribution is 2.22. The van der Waals surface area contributed by atoms with E-state index >= 15 is 0 Å². The smallest absolute Gasteiger partial charge is 0.262 e. The van der Waals surface area contributed by atoms with Crippen LogP contribution in [-0.2, 0) is 10.0 Å². The third-order valence-corrected chi connectivity index (χ3v) is 4.38. The number of anilines is 2. The molecule has 2 rings (SSSR count). The van der Waals surface area contributed by atoms with Crippen LogP contribution in [0.3, 0.4) is 0 Å². The lowest BCUT2D eigenvalue weighted by atomic mass is 10.3. The number of hydrogen-bond donors (Lipinski definition) is 2. The number of sulfonamides is 1. The molecule has 1 heterocycles. The summed E-state index contributed by atoms with van der Waals surface area (Å²) >= 11 is 3.19. The van der Waals surface area contributed by atoms with Crippen molar-refractivity contribution in [1.29, 1.82) is 0 Å². The number of pyridine rings is 1. The van der Waals surface area contributed by atoms with Crippen LogP contribution in [0.5, 0.6) is 0 Å². The van der Waals surface area contributed by atoms with Gasteiger partial charge in [-0.1, -0.05) is 0 Å². The molecular weight excluding hydrogens is 349 g/mol. The molecule has 0 unspecified atom stereocenters. The lowest BCUT2D eigenvalue weighted by Crippen LogP contribution is -2.14. The fourth-order valence-corrected chi connectivity index (χ4v) is 3.08. The number of nitrogens with two attached hydrogens (primary N) is 1. The average molecular weight is 360 g/mol. The Kier molecular flexibility index (Phi) is 3.96. The maximum absolute atomic E-state index is 13.1. The minimum absolute atomic E-state index is 0.112. The van der Waals surface area contributed by atoms with E-state index in [4.69, 9.17) is 5.73 Å². The molecule has 1 aromatic heterocycles. The van der Waals surface area contributed by atoms with E-state index in [2.05, 4.69) is 25.6 Å². The minimum atomic E-state index is -3.84. The zero-order valence-corrected chi connectivity index (χ0v) is 12.8. The maximum atomic E-state index is 13.1. The molecule has 2 aromatic rings. The number of halogens is 2. The Hall–Kier alpha value is -1.67. The van der Waals surface area contributed by atoms with Crippen molar-refractivity contribution in [3.63, 3.8) is 0 Å². The van der Waals surface area contributed by atoms with E-state index in [1.807, 2.05) is 0 Å². The van der Waals surface area contributed by atoms with Crippen LogP contribution in [0, 0.1) is 12.7 Å². The molecule has 0 aliphatic carbocycles. The Balaban J connectivity index is 2.38. The first-order valence-electron chi connectivity index (χ1n) is 5.50. The molecule has 0 aliphatic heterocycles. The van der Waals surface area contributed by atoms with Crippen molar-refractivity contribution in [2.45, 2.75) is 11.8 Å². The van der Waals surface area contributed by atoms with Gasteiger partial charge in [-0.05, 0) is 53.2 Å². The molecule has 0 radical (unpaired) electrons. The van der Waals surface area contributed by atoms with Crippen LogP contribution in [0.4, 0.5) is 15.8 Å². The standard InChI is InChI=1S/C12H11BrFN3O2S/c1-7-11(4-5-12(13)16-7)17-20(18,19)8-2-3-9(14)10(15)6-8/h2-6,17H,15H2,1H3. The predicted octanol–water partition coefficient (Wildman–Crippen LogP) is 2.67. The zero-order valence-electron chi connectivity index (χ0n) is 10.4. The largest absolute Gasteiger partial charge is 0.396 e. The Labute approximate surface area is 124 Å². The molecule has 0 atom stereocenters. The van der Waals surface area contributed by atoms with Crippen molar-refractivity contribution < 1.29 is 12.8 Å². The molecule has 0 fully saturated rings. The Morgan fingerprint density at radius 2 is 2.00 bits per heavy atom. The molecule has 0 saturated carbocycles. The van der Waals surface area contributed by atoms with Crippen molar-refractivity contribution >= 4 is 37.3 Å². The highest BCUT2D eigenvalue weighted by molar-refractivity contribution is 9.10. The maximum Gasteiger partial charge on any atom is 0.262 e. The number of rotatable bonds is 3. The summed E-state index contributed by atoms with van der Waals surface area (Å²) in [5.41, 5.74) is 6.01. The number of aromatic nitrogens is 1. The molecule has 0 saturated heterocycles. The number of nitrogens with one attached hydrogen (secondary N) is 1. The summed E-state index contributed by atoms with van der Waals surface area (Å²) in [5, 5.41) is 0. The molecular formula is C12H11BrFN3O2S. The van der Waals surface area contributed by atoms with Crippen molar-refractivity contribution in [2.24, 2.45) is 0 Å². The quantitative estimate of drug-likeness (QED) is 0.651. The molecule has 106 valence electrons. The lowest BCUT2D eigenvalue weighted by molar-refractivity contribution is 0.600. The number of nitrogens with zero attached hydrogens (tertiary/aromatic N) is 1. The first-order valence-corrected chi connectivity index (χ1v) is 7.78. The number of nitrogen functional groups attached to an aromatic ring is 1. The molecule has 8 heteroatoms. The third kappa shape index (κ3) is 3.07. The van der Waals surface area contributed by atoms with E-state index in [0.29, 0.717) is 16.0 Å². The minimum Gasteiger partial charge on any atom is -0.396 e. The average Bonchev–Trinajstić information content (AvgIpc) is 2.36. The van der Waals surface area contributed by atoms with Gasteiger partial charge in [-0.2, -0.15) is 0 Å². The fourth-order valence-electron chi connectivity index (χ4n) is 1.53. The second-order valence-electron chi connectivity index (χ2n) is 4.06. The zero-order chi connectivity index (χ0) is 14.9. The second-order valence-corrected chi connectivity index (χ2v) is 6.55. The van der Waals surface area contributed by atoms with Crippen LogP contribution in [0.25, 0.3) is 0 Å². The van der Waals surface area contributed by atoms with E-state index in [9.17, 15) is 12.8 Å². The first-order chi connectivity index (χ1) is 9.29. The van der Waals surface area contributed by atoms with E-state index in [1.54, 1.807) is 19.1 Å².